The molecular weight excluding hydrogens is 1970 g/mol. The Kier molecular flexibility index (Phi) is 31.8. The Bertz CT molecular complexity index is 5890. The van der Waals surface area contributed by atoms with Crippen LogP contribution in [0.1, 0.15) is 224 Å². The average Bonchev–Trinajstić information content (AvgIpc) is 1.59. The molecule has 14 heterocycles. The van der Waals surface area contributed by atoms with E-state index in [4.69, 9.17) is 57.8 Å². The monoisotopic (exact) mass is 2110 g/mol. The van der Waals surface area contributed by atoms with Crippen LogP contribution in [-0.2, 0) is 57.1 Å². The first-order valence-corrected chi connectivity index (χ1v) is 58.9. The fourth-order valence-electron chi connectivity index (χ4n) is 25.7. The fourth-order valence-corrected chi connectivity index (χ4v) is 35.7. The van der Waals surface area contributed by atoms with Gasteiger partial charge in [0, 0.05) is 92.2 Å². The van der Waals surface area contributed by atoms with Crippen LogP contribution in [0.2, 0.25) is 48.4 Å². The third-order valence-corrected chi connectivity index (χ3v) is 45.1. The molecule has 10 aromatic rings. The molecule has 0 radical (unpaired) electrons. The summed E-state index contributed by atoms with van der Waals surface area (Å²) in [5.41, 5.74) is 10.6. The van der Waals surface area contributed by atoms with Gasteiger partial charge in [-0.3, -0.25) is 19.2 Å². The lowest BCUT2D eigenvalue weighted by Gasteiger charge is -2.39. The summed E-state index contributed by atoms with van der Waals surface area (Å²) in [7, 11) is 8.23. The molecule has 0 unspecified atom stereocenters. The van der Waals surface area contributed by atoms with Gasteiger partial charge < -0.3 is 118 Å². The number of alkyl carbamates (subject to hydrolysis) is 4. The number of nitrogens with one attached hydrogen (secondary N) is 8. The van der Waals surface area contributed by atoms with Crippen molar-refractivity contribution in [1.82, 2.24) is 80.7 Å². The molecule has 0 aliphatic carbocycles. The molecular formula is C108H140F4N20O16Si2. The highest BCUT2D eigenvalue weighted by Crippen LogP contribution is 2.54. The van der Waals surface area contributed by atoms with Crippen molar-refractivity contribution in [3.63, 3.8) is 0 Å². The Morgan fingerprint density at radius 1 is 0.307 bits per heavy atom. The number of amides is 8. The molecule has 8 amide bonds. The van der Waals surface area contributed by atoms with Gasteiger partial charge in [0.05, 0.1) is 161 Å². The number of aromatic nitrogens is 8. The first-order chi connectivity index (χ1) is 72.5. The molecule has 0 saturated carbocycles. The van der Waals surface area contributed by atoms with Crippen molar-refractivity contribution in [3.8, 4) is 0 Å². The normalized spacial score (nSPS) is 23.3. The van der Waals surface area contributed by atoms with Gasteiger partial charge in [-0.05, 0) is 224 Å². The third kappa shape index (κ3) is 21.2. The number of ether oxygens (including phenoxy) is 8. The highest BCUT2D eigenvalue weighted by atomic mass is 28.3. The van der Waals surface area contributed by atoms with Crippen LogP contribution < -0.4 is 40.9 Å². The van der Waals surface area contributed by atoms with Gasteiger partial charge in [-0.2, -0.15) is 0 Å². The molecule has 16 atom stereocenters. The Morgan fingerprint density at radius 2 is 0.533 bits per heavy atom. The van der Waals surface area contributed by atoms with Gasteiger partial charge in [0.15, 0.2) is 23.3 Å². The summed E-state index contributed by atoms with van der Waals surface area (Å²) in [6.07, 6.45) is 8.03. The molecule has 8 N–H and O–H groups in total. The second-order valence-corrected chi connectivity index (χ2v) is 52.5. The van der Waals surface area contributed by atoms with E-state index in [1.165, 1.54) is 131 Å². The predicted octanol–water partition coefficient (Wildman–Crippen LogP) is 17.4. The molecule has 2 spiro atoms. The number of aromatic amines is 4. The van der Waals surface area contributed by atoms with Gasteiger partial charge in [0.25, 0.3) is 0 Å². The SMILES string of the molecule is COC(=O)N[C@H](C(=O)N1CCC[C@H]1c1nc2ccc([C@@H]3CC[C@@H](c4ccc5nc([C@@H]6CCCN6C(=O)[C@@H](NC(=O)OC)[C@@H](C)OC)[nH]c5c4)N3c3cc(F)c(N4CC[Si]5(CCCC5)CC4)c(F)c3)cc2[nH]1)[C@@H](C)OC.COC(=O)N[C@H](C(=O)N1CCC[C@H]1c1nc2ccc([C@H]3CC[C@@H](c4ccc5nc([C@@H]6CCCN6C(=O)[C@@H](NC(=O)OC)[C@@H](C)OC)[nH]c5c4)N3c3cc(F)c(N4CC[Si]5(CCCC5)CC4)c(F)c3)cc2[nH]1)[C@@H](C)OC. The summed E-state index contributed by atoms with van der Waals surface area (Å²) in [5.74, 6) is -0.993. The Labute approximate surface area is 871 Å². The minimum atomic E-state index is -1.35. The molecule has 36 nitrogen and oxygen atoms in total. The van der Waals surface area contributed by atoms with E-state index < -0.39 is 112 Å². The number of likely N-dealkylation sites (tertiary alicyclic amines) is 4. The lowest BCUT2D eigenvalue weighted by molar-refractivity contribution is -0.138. The molecule has 150 heavy (non-hydrogen) atoms. The highest BCUT2D eigenvalue weighted by Gasteiger charge is 2.49. The highest BCUT2D eigenvalue weighted by molar-refractivity contribution is 6.81. The number of imidazole rings is 4. The van der Waals surface area contributed by atoms with E-state index in [0.29, 0.717) is 160 Å². The molecule has 20 rings (SSSR count). The number of hydrogen-bond acceptors (Lipinski definition) is 24. The first-order valence-electron chi connectivity index (χ1n) is 53.2. The molecule has 4 aromatic heterocycles. The second kappa shape index (κ2) is 45.1. The number of H-pyrrole nitrogens is 4. The summed E-state index contributed by atoms with van der Waals surface area (Å²) >= 11 is 0. The zero-order valence-electron chi connectivity index (χ0n) is 87.5. The van der Waals surface area contributed by atoms with Crippen molar-refractivity contribution >= 4 is 131 Å². The van der Waals surface area contributed by atoms with Crippen molar-refractivity contribution in [3.05, 3.63) is 166 Å². The largest absolute Gasteiger partial charge is 0.453 e. The minimum Gasteiger partial charge on any atom is -0.453 e. The lowest BCUT2D eigenvalue weighted by Crippen LogP contribution is -2.54. The number of anilines is 4. The second-order valence-electron chi connectivity index (χ2n) is 42.5. The van der Waals surface area contributed by atoms with Gasteiger partial charge >= 0.3 is 24.4 Å². The number of methoxy groups -OCH3 is 8. The van der Waals surface area contributed by atoms with E-state index >= 15 is 17.6 Å². The maximum atomic E-state index is 16.8. The van der Waals surface area contributed by atoms with E-state index in [1.54, 1.807) is 47.3 Å². The topological polar surface area (TPSA) is 399 Å². The van der Waals surface area contributed by atoms with Crippen LogP contribution in [0, 0.1) is 23.3 Å². The van der Waals surface area contributed by atoms with Crippen molar-refractivity contribution in [2.75, 3.05) is 129 Å². The maximum Gasteiger partial charge on any atom is 0.407 e. The van der Waals surface area contributed by atoms with Crippen LogP contribution in [0.25, 0.3) is 44.1 Å². The summed E-state index contributed by atoms with van der Waals surface area (Å²) in [5, 5.41) is 10.6. The van der Waals surface area contributed by atoms with Crippen molar-refractivity contribution in [2.24, 2.45) is 0 Å². The smallest absolute Gasteiger partial charge is 0.407 e. The first kappa shape index (κ1) is 106. The van der Waals surface area contributed by atoms with Crippen LogP contribution in [-0.4, -0.2) is 281 Å². The number of rotatable bonds is 28. The number of carbonyl (C=O) groups is 8. The number of hydrogen-bond donors (Lipinski definition) is 8. The summed E-state index contributed by atoms with van der Waals surface area (Å²) < 4.78 is 108. The van der Waals surface area contributed by atoms with Gasteiger partial charge in [0.1, 0.15) is 58.8 Å². The van der Waals surface area contributed by atoms with Crippen molar-refractivity contribution in [1.29, 1.82) is 0 Å². The summed E-state index contributed by atoms with van der Waals surface area (Å²) in [6, 6.07) is 33.2. The number of fused-ring (bicyclic) bond motifs is 4. The van der Waals surface area contributed by atoms with Crippen molar-refractivity contribution < 1.29 is 93.8 Å². The number of benzene rings is 6. The molecule has 10 saturated heterocycles. The molecule has 42 heteroatoms. The Hall–Kier alpha value is -12.6. The predicted molar refractivity (Wildman–Crippen MR) is 562 cm³/mol. The number of nitrogens with zero attached hydrogens (tertiary/aromatic N) is 12. The van der Waals surface area contributed by atoms with Crippen LogP contribution in [0.4, 0.5) is 59.5 Å². The maximum absolute atomic E-state index is 16.8. The molecule has 10 aliphatic heterocycles. The van der Waals surface area contributed by atoms with E-state index in [-0.39, 0.29) is 83.3 Å². The summed E-state index contributed by atoms with van der Waals surface area (Å²) in [6.45, 7) is 11.5. The molecule has 10 aliphatic rings. The third-order valence-electron chi connectivity index (χ3n) is 34.3. The van der Waals surface area contributed by atoms with E-state index in [0.717, 1.165) is 94.2 Å². The minimum absolute atomic E-state index is 0.0535. The standard InChI is InChI=1S/2C54H70F2N10O8Si/c2*1-31(71-3)46(61-53(69)73-5)51(67)64-19-9-11-44(64)49-57-38-15-13-33(27-40(38)59-49)42-17-18-43(66(42)35-29-36(55)48(37(56)30-35)63-21-25-75(26-22-63)23-7-8-24-75)34-14-16-39-41(28-34)60-50(58-39)45-12-10-20-65(45)52(68)47(32(2)72-4)62-54(70)74-6/h2*13-16,27-32,42-47H,7-12,17-26H2,1-6H3,(H,57,59)(H,58,60)(H,61,69)(H,62,70)/t31-,32-,42+,43+,44+,45+,46+,47+;31-,32-,42-,43+,44+,45+,46+,47+/m11/s1. The molecule has 804 valence electrons. The van der Waals surface area contributed by atoms with Crippen molar-refractivity contribution in [2.45, 2.75) is 276 Å². The van der Waals surface area contributed by atoms with Crippen LogP contribution in [0.15, 0.2) is 97.1 Å². The fraction of sp³-hybridized carbons (Fsp3) is 0.556. The van der Waals surface area contributed by atoms with Crippen LogP contribution >= 0.6 is 0 Å². The molecule has 0 bridgehead atoms. The van der Waals surface area contributed by atoms with Crippen LogP contribution in [0.3, 0.4) is 0 Å². The number of halogens is 4. The van der Waals surface area contributed by atoms with Gasteiger partial charge in [-0.15, -0.1) is 0 Å². The van der Waals surface area contributed by atoms with E-state index in [2.05, 4.69) is 75.3 Å². The average molecular weight is 2110 g/mol. The molecule has 6 aromatic carbocycles. The zero-order chi connectivity index (χ0) is 105. The van der Waals surface area contributed by atoms with Gasteiger partial charge in [0.2, 0.25) is 23.6 Å². The molecule has 10 fully saturated rings. The van der Waals surface area contributed by atoms with E-state index in [9.17, 15) is 38.4 Å². The van der Waals surface area contributed by atoms with Gasteiger partial charge in [-0.25, -0.2) is 56.7 Å². The van der Waals surface area contributed by atoms with E-state index in [1.807, 2.05) is 58.3 Å². The Balaban J connectivity index is 0.000000188. The van der Waals surface area contributed by atoms with Crippen LogP contribution in [0.5, 0.6) is 0 Å². The lowest BCUT2D eigenvalue weighted by atomic mass is 10.0. The summed E-state index contributed by atoms with van der Waals surface area (Å²) in [4.78, 5) is 154. The van der Waals surface area contributed by atoms with Gasteiger partial charge in [-0.1, -0.05) is 74.1 Å². The number of carbonyl (C=O) groups excluding carboxylic acids is 8. The zero-order valence-corrected chi connectivity index (χ0v) is 89.5. The quantitative estimate of drug-likeness (QED) is 0.0128. The Morgan fingerprint density at radius 3 is 0.747 bits per heavy atom.